The summed E-state index contributed by atoms with van der Waals surface area (Å²) in [5, 5.41) is 19.3. The van der Waals surface area contributed by atoms with Gasteiger partial charge in [-0.05, 0) is 31.4 Å². The van der Waals surface area contributed by atoms with Crippen LogP contribution in [0.4, 0.5) is 0 Å². The van der Waals surface area contributed by atoms with E-state index in [1.165, 1.54) is 11.8 Å². The van der Waals surface area contributed by atoms with E-state index >= 15 is 0 Å². The molecule has 0 bridgehead atoms. The zero-order chi connectivity index (χ0) is 14.6. The third-order valence-electron chi connectivity index (χ3n) is 3.65. The number of β-amino-alcohol motifs (C(OH)–C–C–N with tert-alkyl or cyclic N) is 1. The molecule has 0 spiro atoms. The molecule has 1 aromatic carbocycles. The molecule has 0 aromatic heterocycles. The van der Waals surface area contributed by atoms with Crippen molar-refractivity contribution in [3.63, 3.8) is 0 Å². The number of amides is 1. The van der Waals surface area contributed by atoms with Crippen molar-refractivity contribution in [2.45, 2.75) is 30.3 Å². The summed E-state index contributed by atoms with van der Waals surface area (Å²) in [5.74, 6) is 0.386. The van der Waals surface area contributed by atoms with Crippen LogP contribution < -0.4 is 0 Å². The average molecular weight is 295 g/mol. The van der Waals surface area contributed by atoms with Crippen LogP contribution >= 0.6 is 11.8 Å². The third-order valence-corrected chi connectivity index (χ3v) is 4.81. The largest absolute Gasteiger partial charge is 0.393 e. The molecule has 5 heteroatoms. The van der Waals surface area contributed by atoms with E-state index in [9.17, 15) is 15.0 Å². The van der Waals surface area contributed by atoms with E-state index in [1.54, 1.807) is 4.90 Å². The Morgan fingerprint density at radius 2 is 2.20 bits per heavy atom. The number of aryl methyl sites for hydroxylation is 1. The predicted molar refractivity (Wildman–Crippen MR) is 79.8 cm³/mol. The second-order valence-electron chi connectivity index (χ2n) is 5.36. The van der Waals surface area contributed by atoms with Crippen LogP contribution in [0.25, 0.3) is 0 Å². The maximum absolute atomic E-state index is 12.2. The number of hydrogen-bond acceptors (Lipinski definition) is 4. The van der Waals surface area contributed by atoms with Crippen LogP contribution in [0, 0.1) is 6.92 Å². The predicted octanol–water partition coefficient (Wildman–Crippen LogP) is 1.43. The fourth-order valence-electron chi connectivity index (χ4n) is 2.40. The number of likely N-dealkylation sites (tertiary alicyclic amines) is 1. The Hall–Kier alpha value is -1.04. The van der Waals surface area contributed by atoms with Crippen molar-refractivity contribution in [2.75, 3.05) is 25.4 Å². The third kappa shape index (κ3) is 3.75. The fourth-order valence-corrected chi connectivity index (χ4v) is 3.34. The van der Waals surface area contributed by atoms with E-state index in [2.05, 4.69) is 0 Å². The summed E-state index contributed by atoms with van der Waals surface area (Å²) in [6.45, 7) is 2.63. The van der Waals surface area contributed by atoms with Gasteiger partial charge in [-0.15, -0.1) is 11.8 Å². The summed E-state index contributed by atoms with van der Waals surface area (Å²) in [6, 6.07) is 7.98. The van der Waals surface area contributed by atoms with E-state index in [0.29, 0.717) is 18.7 Å². The van der Waals surface area contributed by atoms with Gasteiger partial charge in [0.15, 0.2) is 0 Å². The summed E-state index contributed by atoms with van der Waals surface area (Å²) >= 11 is 1.52. The molecule has 0 aliphatic carbocycles. The van der Waals surface area contributed by atoms with E-state index in [1.807, 2.05) is 31.2 Å². The summed E-state index contributed by atoms with van der Waals surface area (Å²) in [6.07, 6.45) is 1.29. The van der Waals surface area contributed by atoms with Crippen molar-refractivity contribution < 1.29 is 15.0 Å². The van der Waals surface area contributed by atoms with Crippen molar-refractivity contribution in [1.29, 1.82) is 0 Å². The lowest BCUT2D eigenvalue weighted by atomic mass is 9.94. The molecule has 110 valence electrons. The molecule has 2 rings (SSSR count). The molecule has 1 heterocycles. The van der Waals surface area contributed by atoms with Gasteiger partial charge >= 0.3 is 0 Å². The fraction of sp³-hybridized carbons (Fsp3) is 0.533. The molecule has 1 saturated heterocycles. The number of nitrogens with zero attached hydrogens (tertiary/aromatic N) is 1. The number of thioether (sulfide) groups is 1. The van der Waals surface area contributed by atoms with E-state index in [0.717, 1.165) is 16.9 Å². The zero-order valence-electron chi connectivity index (χ0n) is 11.7. The number of aliphatic hydroxyl groups excluding tert-OH is 1. The standard InChI is InChI=1S/C15H21NO3S/c1-12-5-2-3-6-13(12)20-9-14(18)16-8-4-7-15(19,10-16)11-17/h2-3,5-6,17,19H,4,7-11H2,1H3/t15-/m0/s1. The molecular formula is C15H21NO3S. The van der Waals surface area contributed by atoms with Gasteiger partial charge in [0, 0.05) is 11.4 Å². The van der Waals surface area contributed by atoms with Crippen LogP contribution in [-0.4, -0.2) is 52.1 Å². The number of benzene rings is 1. The molecule has 1 aromatic rings. The number of carbonyl (C=O) groups excluding carboxylic acids is 1. The van der Waals surface area contributed by atoms with Gasteiger partial charge in [0.05, 0.1) is 18.9 Å². The quantitative estimate of drug-likeness (QED) is 0.825. The Balaban J connectivity index is 1.90. The minimum absolute atomic E-state index is 0.0184. The molecule has 0 radical (unpaired) electrons. The van der Waals surface area contributed by atoms with Crippen LogP contribution in [0.5, 0.6) is 0 Å². The maximum Gasteiger partial charge on any atom is 0.233 e. The highest BCUT2D eigenvalue weighted by molar-refractivity contribution is 8.00. The molecule has 0 saturated carbocycles. The summed E-state index contributed by atoms with van der Waals surface area (Å²) < 4.78 is 0. The molecule has 1 atom stereocenters. The van der Waals surface area contributed by atoms with Crippen LogP contribution in [0.3, 0.4) is 0 Å². The van der Waals surface area contributed by atoms with Gasteiger partial charge in [-0.25, -0.2) is 0 Å². The van der Waals surface area contributed by atoms with Crippen molar-refractivity contribution in [3.05, 3.63) is 29.8 Å². The lowest BCUT2D eigenvalue weighted by Gasteiger charge is -2.38. The maximum atomic E-state index is 12.2. The summed E-state index contributed by atoms with van der Waals surface area (Å²) in [5.41, 5.74) is 0.0390. The van der Waals surface area contributed by atoms with Crippen LogP contribution in [0.15, 0.2) is 29.2 Å². The van der Waals surface area contributed by atoms with E-state index in [-0.39, 0.29) is 19.1 Å². The van der Waals surface area contributed by atoms with Crippen LogP contribution in [-0.2, 0) is 4.79 Å². The molecule has 1 fully saturated rings. The first kappa shape index (κ1) is 15.4. The second-order valence-corrected chi connectivity index (χ2v) is 6.37. The smallest absolute Gasteiger partial charge is 0.233 e. The number of carbonyl (C=O) groups is 1. The van der Waals surface area contributed by atoms with Crippen molar-refractivity contribution in [1.82, 2.24) is 4.90 Å². The van der Waals surface area contributed by atoms with E-state index in [4.69, 9.17) is 0 Å². The summed E-state index contributed by atoms with van der Waals surface area (Å²) in [7, 11) is 0. The van der Waals surface area contributed by atoms with Gasteiger partial charge in [-0.2, -0.15) is 0 Å². The highest BCUT2D eigenvalue weighted by atomic mass is 32.2. The Kier molecular flexibility index (Phi) is 5.07. The van der Waals surface area contributed by atoms with Gasteiger partial charge in [0.25, 0.3) is 0 Å². The first-order chi connectivity index (χ1) is 9.54. The van der Waals surface area contributed by atoms with Gasteiger partial charge in [-0.3, -0.25) is 4.79 Å². The molecule has 1 aliphatic heterocycles. The molecule has 1 amide bonds. The van der Waals surface area contributed by atoms with Crippen molar-refractivity contribution in [2.24, 2.45) is 0 Å². The minimum Gasteiger partial charge on any atom is -0.393 e. The average Bonchev–Trinajstić information content (AvgIpc) is 2.46. The van der Waals surface area contributed by atoms with Crippen molar-refractivity contribution >= 4 is 17.7 Å². The van der Waals surface area contributed by atoms with Gasteiger partial charge in [0.1, 0.15) is 5.60 Å². The minimum atomic E-state index is -1.12. The number of piperidine rings is 1. The normalized spacial score (nSPS) is 22.9. The highest BCUT2D eigenvalue weighted by Gasteiger charge is 2.34. The Morgan fingerprint density at radius 3 is 2.90 bits per heavy atom. The zero-order valence-corrected chi connectivity index (χ0v) is 12.5. The molecular weight excluding hydrogens is 274 g/mol. The molecule has 1 aliphatic rings. The number of hydrogen-bond donors (Lipinski definition) is 2. The number of rotatable bonds is 4. The van der Waals surface area contributed by atoms with Gasteiger partial charge in [0.2, 0.25) is 5.91 Å². The second kappa shape index (κ2) is 6.61. The van der Waals surface area contributed by atoms with E-state index < -0.39 is 5.60 Å². The Morgan fingerprint density at radius 1 is 1.45 bits per heavy atom. The van der Waals surface area contributed by atoms with Gasteiger partial charge < -0.3 is 15.1 Å². The lowest BCUT2D eigenvalue weighted by molar-refractivity contribution is -0.137. The molecule has 4 nitrogen and oxygen atoms in total. The van der Waals surface area contributed by atoms with Crippen LogP contribution in [0.2, 0.25) is 0 Å². The first-order valence-electron chi connectivity index (χ1n) is 6.83. The SMILES string of the molecule is Cc1ccccc1SCC(=O)N1CCC[C@@](O)(CO)C1. The van der Waals surface area contributed by atoms with Gasteiger partial charge in [-0.1, -0.05) is 18.2 Å². The number of aliphatic hydroxyl groups is 2. The Labute approximate surface area is 123 Å². The molecule has 0 unspecified atom stereocenters. The topological polar surface area (TPSA) is 60.8 Å². The lowest BCUT2D eigenvalue weighted by Crippen LogP contribution is -2.52. The highest BCUT2D eigenvalue weighted by Crippen LogP contribution is 2.24. The van der Waals surface area contributed by atoms with Crippen LogP contribution in [0.1, 0.15) is 18.4 Å². The van der Waals surface area contributed by atoms with Crippen molar-refractivity contribution in [3.8, 4) is 0 Å². The summed E-state index contributed by atoms with van der Waals surface area (Å²) in [4.78, 5) is 15.0. The first-order valence-corrected chi connectivity index (χ1v) is 7.82. The monoisotopic (exact) mass is 295 g/mol. The molecule has 20 heavy (non-hydrogen) atoms. The Bertz CT molecular complexity index is 480. The molecule has 2 N–H and O–H groups in total.